The SMILES string of the molecule is CCC(CN)C1(c2cc(Br)ccc2C)COC1. The first-order valence-electron chi connectivity index (χ1n) is 6.18. The summed E-state index contributed by atoms with van der Waals surface area (Å²) in [6, 6.07) is 6.49. The predicted octanol–water partition coefficient (Wildman–Crippen LogP) is 3.01. The van der Waals surface area contributed by atoms with Crippen molar-refractivity contribution in [3.8, 4) is 0 Å². The summed E-state index contributed by atoms with van der Waals surface area (Å²) in [7, 11) is 0. The Bertz CT molecular complexity index is 397. The van der Waals surface area contributed by atoms with E-state index in [2.05, 4.69) is 48.0 Å². The van der Waals surface area contributed by atoms with E-state index in [4.69, 9.17) is 10.5 Å². The molecule has 1 aromatic carbocycles. The molecule has 3 heteroatoms. The molecule has 0 amide bonds. The van der Waals surface area contributed by atoms with Crippen molar-refractivity contribution in [3.05, 3.63) is 33.8 Å². The second kappa shape index (κ2) is 5.09. The molecule has 2 rings (SSSR count). The molecule has 2 N–H and O–H groups in total. The highest BCUT2D eigenvalue weighted by molar-refractivity contribution is 9.10. The fourth-order valence-electron chi connectivity index (χ4n) is 2.85. The molecule has 0 aromatic heterocycles. The summed E-state index contributed by atoms with van der Waals surface area (Å²) in [5.41, 5.74) is 8.81. The molecule has 1 aliphatic rings. The molecule has 1 saturated heterocycles. The summed E-state index contributed by atoms with van der Waals surface area (Å²) in [6.45, 7) is 6.72. The summed E-state index contributed by atoms with van der Waals surface area (Å²) >= 11 is 3.56. The highest BCUT2D eigenvalue weighted by Crippen LogP contribution is 2.42. The largest absolute Gasteiger partial charge is 0.379 e. The minimum atomic E-state index is 0.136. The monoisotopic (exact) mass is 297 g/mol. The van der Waals surface area contributed by atoms with Gasteiger partial charge in [-0.3, -0.25) is 0 Å². The van der Waals surface area contributed by atoms with Gasteiger partial charge in [-0.05, 0) is 42.6 Å². The van der Waals surface area contributed by atoms with Crippen LogP contribution in [0.1, 0.15) is 24.5 Å². The Kier molecular flexibility index (Phi) is 3.91. The van der Waals surface area contributed by atoms with Crippen molar-refractivity contribution < 1.29 is 4.74 Å². The summed E-state index contributed by atoms with van der Waals surface area (Å²) in [5, 5.41) is 0. The Labute approximate surface area is 112 Å². The fourth-order valence-corrected chi connectivity index (χ4v) is 3.21. The molecular formula is C14H20BrNO. The number of halogens is 1. The molecule has 2 nitrogen and oxygen atoms in total. The topological polar surface area (TPSA) is 35.2 Å². The number of nitrogens with two attached hydrogens (primary N) is 1. The van der Waals surface area contributed by atoms with Gasteiger partial charge >= 0.3 is 0 Å². The minimum absolute atomic E-state index is 0.136. The molecule has 0 aliphatic carbocycles. The van der Waals surface area contributed by atoms with E-state index in [1.54, 1.807) is 0 Å². The first-order valence-corrected chi connectivity index (χ1v) is 6.97. The first-order chi connectivity index (χ1) is 8.14. The summed E-state index contributed by atoms with van der Waals surface area (Å²) in [5.74, 6) is 0.504. The molecule has 1 aliphatic heterocycles. The number of aryl methyl sites for hydroxylation is 1. The van der Waals surface area contributed by atoms with Crippen LogP contribution >= 0.6 is 15.9 Å². The summed E-state index contributed by atoms with van der Waals surface area (Å²) in [4.78, 5) is 0. The van der Waals surface area contributed by atoms with E-state index in [1.807, 2.05) is 0 Å². The normalized spacial score (nSPS) is 19.8. The van der Waals surface area contributed by atoms with Gasteiger partial charge in [-0.15, -0.1) is 0 Å². The van der Waals surface area contributed by atoms with E-state index in [9.17, 15) is 0 Å². The number of benzene rings is 1. The van der Waals surface area contributed by atoms with E-state index in [-0.39, 0.29) is 5.41 Å². The van der Waals surface area contributed by atoms with Crippen molar-refractivity contribution in [2.45, 2.75) is 25.7 Å². The van der Waals surface area contributed by atoms with Crippen LogP contribution in [0, 0.1) is 12.8 Å². The van der Waals surface area contributed by atoms with Crippen molar-refractivity contribution in [1.29, 1.82) is 0 Å². The van der Waals surface area contributed by atoms with Crippen LogP contribution in [0.3, 0.4) is 0 Å². The lowest BCUT2D eigenvalue weighted by Gasteiger charge is -2.48. The van der Waals surface area contributed by atoms with Gasteiger partial charge in [-0.25, -0.2) is 0 Å². The molecule has 1 fully saturated rings. The lowest BCUT2D eigenvalue weighted by atomic mass is 9.66. The van der Waals surface area contributed by atoms with E-state index in [1.165, 1.54) is 11.1 Å². The first kappa shape index (κ1) is 13.1. The molecule has 1 unspecified atom stereocenters. The van der Waals surface area contributed by atoms with Gasteiger partial charge in [0.25, 0.3) is 0 Å². The van der Waals surface area contributed by atoms with Gasteiger partial charge in [0.1, 0.15) is 0 Å². The lowest BCUT2D eigenvalue weighted by molar-refractivity contribution is -0.0901. The molecule has 1 heterocycles. The lowest BCUT2D eigenvalue weighted by Crippen LogP contribution is -2.54. The van der Waals surface area contributed by atoms with Crippen LogP contribution < -0.4 is 5.73 Å². The maximum Gasteiger partial charge on any atom is 0.0588 e. The Morgan fingerprint density at radius 2 is 2.18 bits per heavy atom. The standard InChI is InChI=1S/C14H20BrNO/c1-3-11(7-16)14(8-17-9-14)13-6-12(15)5-4-10(13)2/h4-6,11H,3,7-9,16H2,1-2H3. The number of hydrogen-bond acceptors (Lipinski definition) is 2. The van der Waals surface area contributed by atoms with Crippen LogP contribution in [0.4, 0.5) is 0 Å². The van der Waals surface area contributed by atoms with Crippen LogP contribution in [-0.4, -0.2) is 19.8 Å². The second-order valence-corrected chi connectivity index (χ2v) is 5.86. The third-order valence-electron chi connectivity index (χ3n) is 4.01. The van der Waals surface area contributed by atoms with Gasteiger partial charge in [0.05, 0.1) is 13.2 Å². The average Bonchev–Trinajstić information content (AvgIpc) is 2.27. The smallest absolute Gasteiger partial charge is 0.0588 e. The number of ether oxygens (including phenoxy) is 1. The Hall–Kier alpha value is -0.380. The Morgan fingerprint density at radius 3 is 2.65 bits per heavy atom. The zero-order chi connectivity index (χ0) is 12.5. The van der Waals surface area contributed by atoms with Gasteiger partial charge in [-0.1, -0.05) is 35.3 Å². The Morgan fingerprint density at radius 1 is 1.47 bits per heavy atom. The summed E-state index contributed by atoms with van der Waals surface area (Å²) < 4.78 is 6.64. The van der Waals surface area contributed by atoms with Gasteiger partial charge < -0.3 is 10.5 Å². The van der Waals surface area contributed by atoms with Gasteiger partial charge in [-0.2, -0.15) is 0 Å². The van der Waals surface area contributed by atoms with Gasteiger partial charge in [0.15, 0.2) is 0 Å². The molecule has 0 saturated carbocycles. The van der Waals surface area contributed by atoms with Gasteiger partial charge in [0, 0.05) is 9.89 Å². The molecule has 17 heavy (non-hydrogen) atoms. The predicted molar refractivity (Wildman–Crippen MR) is 74.2 cm³/mol. The van der Waals surface area contributed by atoms with E-state index < -0.39 is 0 Å². The third-order valence-corrected chi connectivity index (χ3v) is 4.51. The molecular weight excluding hydrogens is 278 g/mol. The van der Waals surface area contributed by atoms with E-state index >= 15 is 0 Å². The second-order valence-electron chi connectivity index (χ2n) is 4.95. The number of rotatable bonds is 4. The van der Waals surface area contributed by atoms with Crippen LogP contribution in [0.5, 0.6) is 0 Å². The van der Waals surface area contributed by atoms with Crippen LogP contribution in [0.15, 0.2) is 22.7 Å². The molecule has 0 radical (unpaired) electrons. The van der Waals surface area contributed by atoms with Gasteiger partial charge in [0.2, 0.25) is 0 Å². The van der Waals surface area contributed by atoms with Crippen molar-refractivity contribution >= 4 is 15.9 Å². The summed E-state index contributed by atoms with van der Waals surface area (Å²) in [6.07, 6.45) is 1.10. The van der Waals surface area contributed by atoms with Crippen LogP contribution in [0.25, 0.3) is 0 Å². The fraction of sp³-hybridized carbons (Fsp3) is 0.571. The molecule has 1 atom stereocenters. The zero-order valence-corrected chi connectivity index (χ0v) is 12.1. The molecule has 0 spiro atoms. The maximum absolute atomic E-state index is 5.94. The van der Waals surface area contributed by atoms with Crippen LogP contribution in [0.2, 0.25) is 0 Å². The van der Waals surface area contributed by atoms with E-state index in [0.29, 0.717) is 5.92 Å². The zero-order valence-electron chi connectivity index (χ0n) is 10.5. The third kappa shape index (κ3) is 2.16. The van der Waals surface area contributed by atoms with Crippen molar-refractivity contribution in [3.63, 3.8) is 0 Å². The van der Waals surface area contributed by atoms with Crippen molar-refractivity contribution in [1.82, 2.24) is 0 Å². The molecule has 1 aromatic rings. The molecule has 94 valence electrons. The van der Waals surface area contributed by atoms with Crippen molar-refractivity contribution in [2.75, 3.05) is 19.8 Å². The number of hydrogen-bond donors (Lipinski definition) is 1. The highest BCUT2D eigenvalue weighted by Gasteiger charge is 2.46. The Balaban J connectivity index is 2.43. The quantitative estimate of drug-likeness (QED) is 0.927. The average molecular weight is 298 g/mol. The maximum atomic E-state index is 5.94. The highest BCUT2D eigenvalue weighted by atomic mass is 79.9. The molecule has 0 bridgehead atoms. The minimum Gasteiger partial charge on any atom is -0.379 e. The van der Waals surface area contributed by atoms with Crippen molar-refractivity contribution in [2.24, 2.45) is 11.7 Å². The van der Waals surface area contributed by atoms with Crippen LogP contribution in [-0.2, 0) is 10.2 Å². The van der Waals surface area contributed by atoms with E-state index in [0.717, 1.165) is 30.7 Å².